The van der Waals surface area contributed by atoms with Crippen molar-refractivity contribution in [1.82, 2.24) is 10.3 Å². The molecule has 5 aliphatic rings. The summed E-state index contributed by atoms with van der Waals surface area (Å²) in [4.78, 5) is 17.1. The van der Waals surface area contributed by atoms with Gasteiger partial charge in [0, 0.05) is 42.3 Å². The van der Waals surface area contributed by atoms with Crippen molar-refractivity contribution in [2.45, 2.75) is 67.7 Å². The fourth-order valence-electron chi connectivity index (χ4n) is 8.06. The molecule has 3 heterocycles. The van der Waals surface area contributed by atoms with Crippen molar-refractivity contribution in [2.24, 2.45) is 5.92 Å². The molecule has 178 valence electrons. The van der Waals surface area contributed by atoms with Gasteiger partial charge in [-0.15, -0.1) is 0 Å². The summed E-state index contributed by atoms with van der Waals surface area (Å²) in [7, 11) is 2.34. The van der Waals surface area contributed by atoms with Gasteiger partial charge >= 0.3 is 0 Å². The second-order valence-electron chi connectivity index (χ2n) is 11.5. The number of phenols is 1. The number of amides is 1. The molecule has 2 bridgehead atoms. The summed E-state index contributed by atoms with van der Waals surface area (Å²) in [6.45, 7) is 2.10. The van der Waals surface area contributed by atoms with Gasteiger partial charge in [-0.2, -0.15) is 0 Å². The predicted molar refractivity (Wildman–Crippen MR) is 125 cm³/mol. The van der Waals surface area contributed by atoms with Crippen LogP contribution < -0.4 is 10.1 Å². The molecule has 1 spiro atoms. The Labute approximate surface area is 199 Å². The van der Waals surface area contributed by atoms with Gasteiger partial charge in [-0.1, -0.05) is 6.07 Å². The molecule has 6 atom stereocenters. The average Bonchev–Trinajstić information content (AvgIpc) is 3.56. The van der Waals surface area contributed by atoms with E-state index in [4.69, 9.17) is 4.74 Å². The highest BCUT2D eigenvalue weighted by Gasteiger charge is 2.76. The molecule has 1 aromatic carbocycles. The number of likely N-dealkylation sites (N-methyl/N-ethyl adjacent to an activating group) is 1. The third-order valence-electron chi connectivity index (χ3n) is 9.74. The lowest BCUT2D eigenvalue weighted by molar-refractivity contribution is -0.950. The summed E-state index contributed by atoms with van der Waals surface area (Å²) in [5.41, 5.74) is 1.20. The SMILES string of the molecule is C[N+]1(CC2CC2)CC[C@]23c4c5ccc(O)c4O[C@H]2[C@H](NC(=O)c2ccncc2)CC[C@@]3(O)[C@H]1C5. The van der Waals surface area contributed by atoms with Gasteiger partial charge in [0.25, 0.3) is 5.91 Å². The Morgan fingerprint density at radius 3 is 2.76 bits per heavy atom. The lowest BCUT2D eigenvalue weighted by Gasteiger charge is -2.65. The number of rotatable bonds is 4. The number of carbonyl (C=O) groups excluding carboxylic acids is 1. The molecule has 7 heteroatoms. The molecule has 2 aliphatic heterocycles. The number of aliphatic hydroxyl groups is 1. The molecule has 7 rings (SSSR count). The number of phenolic OH excluding ortho intramolecular Hbond substituents is 1. The van der Waals surface area contributed by atoms with Crippen LogP contribution in [0, 0.1) is 5.92 Å². The number of pyridine rings is 1. The van der Waals surface area contributed by atoms with Crippen LogP contribution in [0.5, 0.6) is 11.5 Å². The molecular weight excluding hydrogens is 430 g/mol. The Kier molecular flexibility index (Phi) is 4.10. The molecule has 1 aromatic heterocycles. The molecular formula is C27H32N3O4+. The van der Waals surface area contributed by atoms with Crippen molar-refractivity contribution in [3.05, 3.63) is 53.3 Å². The van der Waals surface area contributed by atoms with Crippen LogP contribution in [-0.2, 0) is 11.8 Å². The molecule has 3 aliphatic carbocycles. The van der Waals surface area contributed by atoms with Gasteiger partial charge in [0.1, 0.15) is 17.7 Å². The smallest absolute Gasteiger partial charge is 0.251 e. The van der Waals surface area contributed by atoms with E-state index in [2.05, 4.69) is 17.3 Å². The number of likely N-dealkylation sites (tertiary alicyclic amines) is 1. The van der Waals surface area contributed by atoms with E-state index in [1.807, 2.05) is 6.07 Å². The number of benzene rings is 1. The Bertz CT molecular complexity index is 1180. The first-order valence-corrected chi connectivity index (χ1v) is 12.7. The van der Waals surface area contributed by atoms with E-state index in [1.54, 1.807) is 30.6 Å². The first kappa shape index (κ1) is 20.7. The maximum atomic E-state index is 13.1. The van der Waals surface area contributed by atoms with Crippen LogP contribution in [0.15, 0.2) is 36.7 Å². The van der Waals surface area contributed by atoms with Gasteiger partial charge in [0.05, 0.1) is 31.6 Å². The number of nitrogens with one attached hydrogen (secondary N) is 1. The minimum absolute atomic E-state index is 0.0905. The number of ether oxygens (including phenoxy) is 1. The summed E-state index contributed by atoms with van der Waals surface area (Å²) in [5, 5.41) is 26.6. The molecule has 1 saturated heterocycles. The second-order valence-corrected chi connectivity index (χ2v) is 11.5. The Hall–Kier alpha value is -2.64. The number of aromatic hydroxyl groups is 1. The first-order chi connectivity index (χ1) is 16.4. The number of carbonyl (C=O) groups is 1. The predicted octanol–water partition coefficient (Wildman–Crippen LogP) is 2.29. The van der Waals surface area contributed by atoms with E-state index in [9.17, 15) is 15.0 Å². The van der Waals surface area contributed by atoms with Crippen LogP contribution in [0.1, 0.15) is 53.6 Å². The molecule has 1 amide bonds. The molecule has 2 aromatic rings. The third-order valence-corrected chi connectivity index (χ3v) is 9.74. The standard InChI is InChI=1S/C27H31N3O4/c1-30(15-16-2-3-16)13-10-26-22-18-4-5-20(31)23(22)34-24(26)19(6-9-27(26,33)21(30)14-18)29-25(32)17-7-11-28-12-8-17/h4-5,7-8,11-12,16,19,21,24,33H,2-3,6,9-10,13-15H2,1H3,(H-,29,31,32)/p+1/t19-,21-,24+,26+,27-,30?/m1/s1. The number of hydrogen-bond acceptors (Lipinski definition) is 5. The fraction of sp³-hybridized carbons (Fsp3) is 0.556. The highest BCUT2D eigenvalue weighted by Crippen LogP contribution is 2.66. The molecule has 2 saturated carbocycles. The van der Waals surface area contributed by atoms with Crippen molar-refractivity contribution in [3.63, 3.8) is 0 Å². The van der Waals surface area contributed by atoms with Crippen molar-refractivity contribution in [1.29, 1.82) is 0 Å². The zero-order valence-electron chi connectivity index (χ0n) is 19.5. The Morgan fingerprint density at radius 1 is 1.21 bits per heavy atom. The molecule has 1 unspecified atom stereocenters. The van der Waals surface area contributed by atoms with Crippen LogP contribution in [-0.4, -0.2) is 69.5 Å². The van der Waals surface area contributed by atoms with Crippen LogP contribution in [0.4, 0.5) is 0 Å². The maximum absolute atomic E-state index is 13.1. The quantitative estimate of drug-likeness (QED) is 0.607. The summed E-state index contributed by atoms with van der Waals surface area (Å²) >= 11 is 0. The summed E-state index contributed by atoms with van der Waals surface area (Å²) < 4.78 is 7.44. The largest absolute Gasteiger partial charge is 0.504 e. The van der Waals surface area contributed by atoms with Crippen molar-refractivity contribution < 1.29 is 24.2 Å². The van der Waals surface area contributed by atoms with Crippen LogP contribution >= 0.6 is 0 Å². The Morgan fingerprint density at radius 2 is 2.00 bits per heavy atom. The van der Waals surface area contributed by atoms with Gasteiger partial charge < -0.3 is 24.7 Å². The Balaban J connectivity index is 1.33. The number of hydrogen-bond donors (Lipinski definition) is 3. The zero-order chi connectivity index (χ0) is 23.3. The molecule has 34 heavy (non-hydrogen) atoms. The molecule has 3 N–H and O–H groups in total. The second kappa shape index (κ2) is 6.73. The first-order valence-electron chi connectivity index (χ1n) is 12.7. The molecule has 0 radical (unpaired) electrons. The zero-order valence-corrected chi connectivity index (χ0v) is 19.5. The number of nitrogens with zero attached hydrogens (tertiary/aromatic N) is 2. The van der Waals surface area contributed by atoms with Crippen molar-refractivity contribution in [3.8, 4) is 11.5 Å². The highest BCUT2D eigenvalue weighted by molar-refractivity contribution is 5.94. The minimum atomic E-state index is -0.927. The van der Waals surface area contributed by atoms with E-state index < -0.39 is 17.1 Å². The summed E-state index contributed by atoms with van der Waals surface area (Å²) in [6, 6.07) is 7.02. The number of quaternary nitrogens is 1. The molecule has 7 nitrogen and oxygen atoms in total. The number of piperidine rings is 1. The monoisotopic (exact) mass is 462 g/mol. The lowest BCUT2D eigenvalue weighted by atomic mass is 9.48. The van der Waals surface area contributed by atoms with Gasteiger partial charge in [0.15, 0.2) is 11.5 Å². The van der Waals surface area contributed by atoms with Gasteiger partial charge in [-0.05, 0) is 49.4 Å². The van der Waals surface area contributed by atoms with Crippen LogP contribution in [0.2, 0.25) is 0 Å². The van der Waals surface area contributed by atoms with Gasteiger partial charge in [-0.25, -0.2) is 0 Å². The highest BCUT2D eigenvalue weighted by atomic mass is 16.5. The van der Waals surface area contributed by atoms with Crippen molar-refractivity contribution >= 4 is 5.91 Å². The minimum Gasteiger partial charge on any atom is -0.504 e. The summed E-state index contributed by atoms with van der Waals surface area (Å²) in [6.07, 6.45) is 8.27. The average molecular weight is 463 g/mol. The van der Waals surface area contributed by atoms with E-state index in [0.29, 0.717) is 24.2 Å². The van der Waals surface area contributed by atoms with Crippen LogP contribution in [0.3, 0.4) is 0 Å². The topological polar surface area (TPSA) is 91.7 Å². The van der Waals surface area contributed by atoms with E-state index in [-0.39, 0.29) is 23.7 Å². The van der Waals surface area contributed by atoms with E-state index in [1.165, 1.54) is 18.4 Å². The molecule has 3 fully saturated rings. The third kappa shape index (κ3) is 2.54. The maximum Gasteiger partial charge on any atom is 0.251 e. The summed E-state index contributed by atoms with van der Waals surface area (Å²) in [5.74, 6) is 1.26. The van der Waals surface area contributed by atoms with Gasteiger partial charge in [-0.3, -0.25) is 9.78 Å². The van der Waals surface area contributed by atoms with E-state index >= 15 is 0 Å². The van der Waals surface area contributed by atoms with E-state index in [0.717, 1.165) is 41.9 Å². The van der Waals surface area contributed by atoms with Crippen molar-refractivity contribution in [2.75, 3.05) is 20.1 Å². The number of aromatic nitrogens is 1. The normalized spacial score (nSPS) is 39.2. The van der Waals surface area contributed by atoms with Crippen LogP contribution in [0.25, 0.3) is 0 Å². The lowest BCUT2D eigenvalue weighted by Crippen LogP contribution is -2.82. The van der Waals surface area contributed by atoms with Gasteiger partial charge in [0.2, 0.25) is 0 Å². The fourth-order valence-corrected chi connectivity index (χ4v) is 8.06.